The van der Waals surface area contributed by atoms with Crippen molar-refractivity contribution in [1.29, 1.82) is 0 Å². The Labute approximate surface area is 157 Å². The molecule has 2 saturated heterocycles. The van der Waals surface area contributed by atoms with Gasteiger partial charge in [-0.05, 0) is 30.5 Å². The van der Waals surface area contributed by atoms with Gasteiger partial charge in [-0.3, -0.25) is 14.5 Å². The Balaban J connectivity index is 1.48. The summed E-state index contributed by atoms with van der Waals surface area (Å²) in [5, 5.41) is 4.02. The van der Waals surface area contributed by atoms with Gasteiger partial charge in [0.2, 0.25) is 11.8 Å². The highest BCUT2D eigenvalue weighted by molar-refractivity contribution is 7.08. The maximum atomic E-state index is 12.8. The van der Waals surface area contributed by atoms with Gasteiger partial charge in [0.1, 0.15) is 0 Å². The highest BCUT2D eigenvalue weighted by atomic mass is 32.1. The standard InChI is InChI=1S/C20H23N3O2S/c1-21-12-19(25)23(17-7-10-26-13-17)15-20(21)8-9-22(14-20)18(24)11-16-5-3-2-4-6-16/h2-7,10,13H,8-9,11-12,14-15H2,1H3/t20-/m0/s1. The third kappa shape index (κ3) is 3.15. The average Bonchev–Trinajstić information content (AvgIpc) is 3.30. The third-order valence-corrected chi connectivity index (χ3v) is 6.31. The fourth-order valence-corrected chi connectivity index (χ4v) is 4.64. The fourth-order valence-electron chi connectivity index (χ4n) is 4.00. The van der Waals surface area contributed by atoms with Crippen LogP contribution in [0, 0.1) is 0 Å². The number of amides is 2. The zero-order valence-electron chi connectivity index (χ0n) is 14.9. The maximum Gasteiger partial charge on any atom is 0.241 e. The van der Waals surface area contributed by atoms with Crippen molar-refractivity contribution in [3.63, 3.8) is 0 Å². The molecule has 2 amide bonds. The lowest BCUT2D eigenvalue weighted by atomic mass is 9.93. The van der Waals surface area contributed by atoms with E-state index in [1.54, 1.807) is 11.3 Å². The molecule has 5 nitrogen and oxygen atoms in total. The van der Waals surface area contributed by atoms with Crippen LogP contribution in [0.2, 0.25) is 0 Å². The summed E-state index contributed by atoms with van der Waals surface area (Å²) in [4.78, 5) is 31.3. The number of likely N-dealkylation sites (N-methyl/N-ethyl adjacent to an activating group) is 1. The van der Waals surface area contributed by atoms with Gasteiger partial charge in [0.05, 0.1) is 24.2 Å². The normalized spacial score (nSPS) is 23.8. The Morgan fingerprint density at radius 2 is 2.00 bits per heavy atom. The summed E-state index contributed by atoms with van der Waals surface area (Å²) in [5.74, 6) is 0.297. The predicted octanol–water partition coefficient (Wildman–Crippen LogP) is 2.24. The summed E-state index contributed by atoms with van der Waals surface area (Å²) in [7, 11) is 2.01. The molecule has 26 heavy (non-hydrogen) atoms. The van der Waals surface area contributed by atoms with Crippen molar-refractivity contribution in [2.75, 3.05) is 38.1 Å². The van der Waals surface area contributed by atoms with Gasteiger partial charge in [-0.1, -0.05) is 30.3 Å². The number of nitrogens with zero attached hydrogens (tertiary/aromatic N) is 3. The van der Waals surface area contributed by atoms with Gasteiger partial charge >= 0.3 is 0 Å². The number of hydrogen-bond donors (Lipinski definition) is 0. The molecule has 0 radical (unpaired) electrons. The Kier molecular flexibility index (Phi) is 4.54. The third-order valence-electron chi connectivity index (χ3n) is 5.64. The minimum absolute atomic E-state index is 0.130. The van der Waals surface area contributed by atoms with Crippen LogP contribution in [-0.2, 0) is 16.0 Å². The van der Waals surface area contributed by atoms with Crippen LogP contribution < -0.4 is 4.90 Å². The van der Waals surface area contributed by atoms with Gasteiger partial charge in [-0.2, -0.15) is 11.3 Å². The van der Waals surface area contributed by atoms with Crippen LogP contribution in [0.4, 0.5) is 5.69 Å². The molecule has 0 bridgehead atoms. The molecular formula is C20H23N3O2S. The summed E-state index contributed by atoms with van der Waals surface area (Å²) in [6.07, 6.45) is 1.34. The van der Waals surface area contributed by atoms with E-state index in [1.807, 2.05) is 64.0 Å². The van der Waals surface area contributed by atoms with Crippen LogP contribution in [0.15, 0.2) is 47.2 Å². The van der Waals surface area contributed by atoms with Crippen molar-refractivity contribution >= 4 is 28.8 Å². The summed E-state index contributed by atoms with van der Waals surface area (Å²) in [5.41, 5.74) is 1.87. The molecule has 1 aromatic carbocycles. The molecule has 2 fully saturated rings. The first-order valence-corrected chi connectivity index (χ1v) is 9.87. The number of likely N-dealkylation sites (tertiary alicyclic amines) is 1. The van der Waals surface area contributed by atoms with E-state index in [2.05, 4.69) is 4.90 Å². The van der Waals surface area contributed by atoms with Crippen molar-refractivity contribution in [3.8, 4) is 0 Å². The van der Waals surface area contributed by atoms with Gasteiger partial charge in [-0.25, -0.2) is 0 Å². The van der Waals surface area contributed by atoms with E-state index in [9.17, 15) is 9.59 Å². The number of piperazine rings is 1. The summed E-state index contributed by atoms with van der Waals surface area (Å²) < 4.78 is 0. The number of hydrogen-bond acceptors (Lipinski definition) is 4. The molecule has 2 aliphatic rings. The first-order valence-electron chi connectivity index (χ1n) is 8.93. The van der Waals surface area contributed by atoms with Crippen LogP contribution in [0.5, 0.6) is 0 Å². The minimum Gasteiger partial charge on any atom is -0.340 e. The summed E-state index contributed by atoms with van der Waals surface area (Å²) >= 11 is 1.60. The van der Waals surface area contributed by atoms with Crippen molar-refractivity contribution in [2.24, 2.45) is 0 Å². The zero-order valence-corrected chi connectivity index (χ0v) is 15.7. The Morgan fingerprint density at radius 1 is 1.19 bits per heavy atom. The Morgan fingerprint density at radius 3 is 2.73 bits per heavy atom. The van der Waals surface area contributed by atoms with E-state index in [0.29, 0.717) is 26.1 Å². The molecule has 0 aliphatic carbocycles. The van der Waals surface area contributed by atoms with E-state index in [4.69, 9.17) is 0 Å². The largest absolute Gasteiger partial charge is 0.340 e. The average molecular weight is 369 g/mol. The van der Waals surface area contributed by atoms with Gasteiger partial charge in [0.15, 0.2) is 0 Å². The molecule has 2 aliphatic heterocycles. The molecule has 1 aromatic heterocycles. The Bertz CT molecular complexity index is 793. The molecule has 4 rings (SSSR count). The zero-order chi connectivity index (χ0) is 18.1. The molecule has 0 unspecified atom stereocenters. The van der Waals surface area contributed by atoms with Crippen molar-refractivity contribution in [1.82, 2.24) is 9.80 Å². The van der Waals surface area contributed by atoms with E-state index >= 15 is 0 Å². The van der Waals surface area contributed by atoms with Gasteiger partial charge in [0, 0.05) is 25.0 Å². The molecule has 2 aromatic rings. The summed E-state index contributed by atoms with van der Waals surface area (Å²) in [6, 6.07) is 11.9. The second-order valence-electron chi connectivity index (χ2n) is 7.27. The number of rotatable bonds is 3. The van der Waals surface area contributed by atoms with Crippen LogP contribution in [0.1, 0.15) is 12.0 Å². The lowest BCUT2D eigenvalue weighted by molar-refractivity contribution is -0.130. The molecule has 1 atom stereocenters. The lowest BCUT2D eigenvalue weighted by Crippen LogP contribution is -2.64. The highest BCUT2D eigenvalue weighted by Gasteiger charge is 2.48. The SMILES string of the molecule is CN1CC(=O)N(c2ccsc2)C[C@@]12CCN(C(=O)Cc1ccccc1)C2. The number of benzene rings is 1. The van der Waals surface area contributed by atoms with Crippen LogP contribution in [0.3, 0.4) is 0 Å². The smallest absolute Gasteiger partial charge is 0.241 e. The first kappa shape index (κ1) is 17.2. The van der Waals surface area contributed by atoms with Gasteiger partial charge in [0.25, 0.3) is 0 Å². The first-order chi connectivity index (χ1) is 12.6. The molecule has 1 spiro atoms. The molecule has 136 valence electrons. The van der Waals surface area contributed by atoms with Crippen molar-refractivity contribution in [2.45, 2.75) is 18.4 Å². The van der Waals surface area contributed by atoms with E-state index in [0.717, 1.165) is 24.2 Å². The maximum absolute atomic E-state index is 12.8. The molecule has 3 heterocycles. The Hall–Kier alpha value is -2.18. The van der Waals surface area contributed by atoms with Crippen LogP contribution in [-0.4, -0.2) is 60.4 Å². The molecular weight excluding hydrogens is 346 g/mol. The van der Waals surface area contributed by atoms with Gasteiger partial charge in [-0.15, -0.1) is 0 Å². The van der Waals surface area contributed by atoms with Gasteiger partial charge < -0.3 is 9.80 Å². The second kappa shape index (κ2) is 6.85. The monoisotopic (exact) mass is 369 g/mol. The van der Waals surface area contributed by atoms with Crippen LogP contribution in [0.25, 0.3) is 0 Å². The quantitative estimate of drug-likeness (QED) is 0.833. The molecule has 0 N–H and O–H groups in total. The molecule has 0 saturated carbocycles. The van der Waals surface area contributed by atoms with E-state index in [1.165, 1.54) is 0 Å². The van der Waals surface area contributed by atoms with E-state index in [-0.39, 0.29) is 17.4 Å². The topological polar surface area (TPSA) is 43.9 Å². The minimum atomic E-state index is -0.151. The van der Waals surface area contributed by atoms with Crippen molar-refractivity contribution in [3.05, 3.63) is 52.7 Å². The van der Waals surface area contributed by atoms with Crippen LogP contribution >= 0.6 is 11.3 Å². The highest BCUT2D eigenvalue weighted by Crippen LogP contribution is 2.34. The predicted molar refractivity (Wildman–Crippen MR) is 103 cm³/mol. The summed E-state index contributed by atoms with van der Waals surface area (Å²) in [6.45, 7) is 2.48. The number of carbonyl (C=O) groups excluding carboxylic acids is 2. The number of carbonyl (C=O) groups is 2. The fraction of sp³-hybridized carbons (Fsp3) is 0.400. The lowest BCUT2D eigenvalue weighted by Gasteiger charge is -2.46. The number of thiophene rings is 1. The number of anilines is 1. The van der Waals surface area contributed by atoms with Crippen molar-refractivity contribution < 1.29 is 9.59 Å². The second-order valence-corrected chi connectivity index (χ2v) is 8.05. The van der Waals surface area contributed by atoms with E-state index < -0.39 is 0 Å². The molecule has 6 heteroatoms.